The molecule has 1 aromatic heterocycles. The second-order valence-electron chi connectivity index (χ2n) is 6.52. The van der Waals surface area contributed by atoms with E-state index in [0.717, 1.165) is 23.7 Å². The van der Waals surface area contributed by atoms with Crippen molar-refractivity contribution in [3.8, 4) is 0 Å². The number of nitrogens with zero attached hydrogens (tertiary/aromatic N) is 2. The molecule has 0 atom stereocenters. The molecule has 0 unspecified atom stereocenters. The first-order valence-electron chi connectivity index (χ1n) is 7.84. The van der Waals surface area contributed by atoms with Gasteiger partial charge >= 0.3 is 0 Å². The van der Waals surface area contributed by atoms with Crippen LogP contribution in [0.1, 0.15) is 42.5 Å². The van der Waals surface area contributed by atoms with E-state index in [1.54, 1.807) is 6.20 Å². The van der Waals surface area contributed by atoms with Gasteiger partial charge in [0.2, 0.25) is 0 Å². The minimum atomic E-state index is -0.00938. The van der Waals surface area contributed by atoms with Crippen molar-refractivity contribution < 1.29 is 4.79 Å². The Kier molecular flexibility index (Phi) is 5.88. The average molecular weight is 331 g/mol. The third-order valence-corrected chi connectivity index (χ3v) is 4.69. The first-order chi connectivity index (χ1) is 10.8. The molecule has 1 N–H and O–H groups in total. The summed E-state index contributed by atoms with van der Waals surface area (Å²) < 4.78 is 2.32. The lowest BCUT2D eigenvalue weighted by Crippen LogP contribution is -2.26. The number of amides is 1. The number of thioether (sulfide) groups is 1. The fraction of sp³-hybridized carbons (Fsp3) is 0.444. The second kappa shape index (κ2) is 7.68. The number of carbonyl (C=O) groups excluding carboxylic acids is 1. The highest BCUT2D eigenvalue weighted by molar-refractivity contribution is 8.00. The summed E-state index contributed by atoms with van der Waals surface area (Å²) in [4.78, 5) is 16.3. The van der Waals surface area contributed by atoms with Gasteiger partial charge < -0.3 is 9.88 Å². The molecule has 4 nitrogen and oxygen atoms in total. The molecule has 0 aliphatic heterocycles. The van der Waals surface area contributed by atoms with Crippen LogP contribution in [0.2, 0.25) is 0 Å². The van der Waals surface area contributed by atoms with Crippen LogP contribution in [-0.4, -0.2) is 32.5 Å². The first-order valence-corrected chi connectivity index (χ1v) is 8.82. The first kappa shape index (κ1) is 17.6. The Bertz CT molecular complexity index is 641. The van der Waals surface area contributed by atoms with Gasteiger partial charge in [-0.25, -0.2) is 4.98 Å². The number of rotatable bonds is 6. The monoisotopic (exact) mass is 331 g/mol. The lowest BCUT2D eigenvalue weighted by Gasteiger charge is -2.17. The predicted octanol–water partition coefficient (Wildman–Crippen LogP) is 3.50. The fourth-order valence-corrected chi connectivity index (χ4v) is 2.97. The standard InChI is InChI=1S/C18H25N3OS/c1-14-19-9-11-21(14)13-15-5-7-16(8-6-15)17(22)20-10-12-23-18(2,3)4/h5-9,11H,10,12-13H2,1-4H3,(H,20,22). The van der Waals surface area contributed by atoms with E-state index in [9.17, 15) is 4.79 Å². The number of carbonyl (C=O) groups is 1. The van der Waals surface area contributed by atoms with E-state index in [1.165, 1.54) is 0 Å². The minimum absolute atomic E-state index is 0.00938. The summed E-state index contributed by atoms with van der Waals surface area (Å²) in [6, 6.07) is 7.76. The van der Waals surface area contributed by atoms with Crippen molar-refractivity contribution in [3.05, 3.63) is 53.6 Å². The van der Waals surface area contributed by atoms with Gasteiger partial charge in [-0.15, -0.1) is 0 Å². The molecule has 2 aromatic rings. The fourth-order valence-electron chi connectivity index (χ4n) is 2.15. The molecule has 0 aliphatic rings. The van der Waals surface area contributed by atoms with Crippen LogP contribution >= 0.6 is 11.8 Å². The average Bonchev–Trinajstić information content (AvgIpc) is 2.88. The van der Waals surface area contributed by atoms with Crippen LogP contribution in [0.25, 0.3) is 0 Å². The van der Waals surface area contributed by atoms with Crippen molar-refractivity contribution in [3.63, 3.8) is 0 Å². The molecule has 1 amide bonds. The number of aromatic nitrogens is 2. The number of aryl methyl sites for hydroxylation is 1. The maximum atomic E-state index is 12.1. The van der Waals surface area contributed by atoms with E-state index in [2.05, 4.69) is 35.6 Å². The second-order valence-corrected chi connectivity index (χ2v) is 8.44. The van der Waals surface area contributed by atoms with Crippen LogP contribution in [0.5, 0.6) is 0 Å². The molecule has 0 bridgehead atoms. The van der Waals surface area contributed by atoms with Gasteiger partial charge in [-0.2, -0.15) is 11.8 Å². The Morgan fingerprint density at radius 3 is 2.52 bits per heavy atom. The van der Waals surface area contributed by atoms with Crippen molar-refractivity contribution in [2.45, 2.75) is 39.0 Å². The topological polar surface area (TPSA) is 46.9 Å². The van der Waals surface area contributed by atoms with Crippen molar-refractivity contribution in [1.29, 1.82) is 0 Å². The summed E-state index contributed by atoms with van der Waals surface area (Å²) in [5, 5.41) is 2.97. The smallest absolute Gasteiger partial charge is 0.251 e. The normalized spacial score (nSPS) is 11.5. The molecule has 2 rings (SSSR count). The summed E-state index contributed by atoms with van der Waals surface area (Å²) in [6.07, 6.45) is 3.76. The molecule has 1 aromatic carbocycles. The highest BCUT2D eigenvalue weighted by Crippen LogP contribution is 2.22. The summed E-state index contributed by atoms with van der Waals surface area (Å²) in [7, 11) is 0. The molecule has 1 heterocycles. The number of nitrogens with one attached hydrogen (secondary N) is 1. The molecule has 0 fully saturated rings. The lowest BCUT2D eigenvalue weighted by atomic mass is 10.1. The zero-order chi connectivity index (χ0) is 16.9. The van der Waals surface area contributed by atoms with Gasteiger partial charge in [0.05, 0.1) is 0 Å². The van der Waals surface area contributed by atoms with E-state index in [1.807, 2.05) is 49.1 Å². The van der Waals surface area contributed by atoms with Crippen molar-refractivity contribution >= 4 is 17.7 Å². The molecule has 0 saturated heterocycles. The highest BCUT2D eigenvalue weighted by atomic mass is 32.2. The van der Waals surface area contributed by atoms with Gasteiger partial charge in [0.1, 0.15) is 5.82 Å². The molecule has 0 spiro atoms. The van der Waals surface area contributed by atoms with Crippen molar-refractivity contribution in [2.24, 2.45) is 0 Å². The van der Waals surface area contributed by atoms with Crippen LogP contribution in [0.3, 0.4) is 0 Å². The van der Waals surface area contributed by atoms with Crippen molar-refractivity contribution in [1.82, 2.24) is 14.9 Å². The quantitative estimate of drug-likeness (QED) is 0.824. The Balaban J connectivity index is 1.84. The molecule has 0 radical (unpaired) electrons. The SMILES string of the molecule is Cc1nccn1Cc1ccc(C(=O)NCCSC(C)(C)C)cc1. The molecule has 0 saturated carbocycles. The van der Waals surface area contributed by atoms with Crippen LogP contribution in [0.15, 0.2) is 36.7 Å². The van der Waals surface area contributed by atoms with E-state index >= 15 is 0 Å². The molecular weight excluding hydrogens is 306 g/mol. The molecule has 0 aliphatic carbocycles. The summed E-state index contributed by atoms with van der Waals surface area (Å²) >= 11 is 1.85. The van der Waals surface area contributed by atoms with E-state index in [4.69, 9.17) is 0 Å². The van der Waals surface area contributed by atoms with Gasteiger partial charge in [0.25, 0.3) is 5.91 Å². The molecule has 124 valence electrons. The zero-order valence-electron chi connectivity index (χ0n) is 14.3. The van der Waals surface area contributed by atoms with E-state index in [-0.39, 0.29) is 10.7 Å². The predicted molar refractivity (Wildman–Crippen MR) is 97.1 cm³/mol. The van der Waals surface area contributed by atoms with Gasteiger partial charge in [0, 0.05) is 41.5 Å². The van der Waals surface area contributed by atoms with Gasteiger partial charge in [-0.3, -0.25) is 4.79 Å². The third kappa shape index (κ3) is 5.75. The van der Waals surface area contributed by atoms with Crippen LogP contribution in [0.4, 0.5) is 0 Å². The number of benzene rings is 1. The van der Waals surface area contributed by atoms with Gasteiger partial charge in [-0.05, 0) is 24.6 Å². The van der Waals surface area contributed by atoms with Crippen LogP contribution in [0, 0.1) is 6.92 Å². The zero-order valence-corrected chi connectivity index (χ0v) is 15.1. The third-order valence-electron chi connectivity index (χ3n) is 3.42. The van der Waals surface area contributed by atoms with Gasteiger partial charge in [0.15, 0.2) is 0 Å². The molecular formula is C18H25N3OS. The summed E-state index contributed by atoms with van der Waals surface area (Å²) in [5.74, 6) is 1.90. The largest absolute Gasteiger partial charge is 0.351 e. The lowest BCUT2D eigenvalue weighted by molar-refractivity contribution is 0.0956. The molecule has 23 heavy (non-hydrogen) atoms. The highest BCUT2D eigenvalue weighted by Gasteiger charge is 2.10. The van der Waals surface area contributed by atoms with E-state index in [0.29, 0.717) is 12.1 Å². The summed E-state index contributed by atoms with van der Waals surface area (Å²) in [6.45, 7) is 9.99. The van der Waals surface area contributed by atoms with Crippen molar-refractivity contribution in [2.75, 3.05) is 12.3 Å². The van der Waals surface area contributed by atoms with Crippen LogP contribution < -0.4 is 5.32 Å². The van der Waals surface area contributed by atoms with E-state index < -0.39 is 0 Å². The Morgan fingerprint density at radius 1 is 1.26 bits per heavy atom. The Morgan fingerprint density at radius 2 is 1.96 bits per heavy atom. The van der Waals surface area contributed by atoms with Crippen LogP contribution in [-0.2, 0) is 6.54 Å². The van der Waals surface area contributed by atoms with Gasteiger partial charge in [-0.1, -0.05) is 32.9 Å². The minimum Gasteiger partial charge on any atom is -0.351 e. The number of hydrogen-bond acceptors (Lipinski definition) is 3. The summed E-state index contributed by atoms with van der Waals surface area (Å²) in [5.41, 5.74) is 1.86. The molecule has 5 heteroatoms. The number of hydrogen-bond donors (Lipinski definition) is 1. The maximum Gasteiger partial charge on any atom is 0.251 e. The number of imidazole rings is 1. The Hall–Kier alpha value is -1.75. The Labute approximate surface area is 142 Å². The maximum absolute atomic E-state index is 12.1.